The van der Waals surface area contributed by atoms with Crippen LogP contribution in [0.3, 0.4) is 0 Å². The Labute approximate surface area is 203 Å². The number of hydrogen-bond acceptors (Lipinski definition) is 5. The van der Waals surface area contributed by atoms with E-state index in [1.807, 2.05) is 43.3 Å². The van der Waals surface area contributed by atoms with E-state index in [1.54, 1.807) is 23.0 Å². The van der Waals surface area contributed by atoms with E-state index in [0.717, 1.165) is 24.1 Å². The van der Waals surface area contributed by atoms with Gasteiger partial charge in [0.15, 0.2) is 5.69 Å². The molecule has 5 rings (SSSR count). The zero-order chi connectivity index (χ0) is 24.7. The third-order valence-electron chi connectivity index (χ3n) is 6.64. The summed E-state index contributed by atoms with van der Waals surface area (Å²) >= 11 is 0. The van der Waals surface area contributed by atoms with Crippen molar-refractivity contribution in [3.05, 3.63) is 65.0 Å². The molecule has 9 heteroatoms. The Morgan fingerprint density at radius 2 is 1.71 bits per heavy atom. The molecule has 0 atom stereocenters. The van der Waals surface area contributed by atoms with Gasteiger partial charge in [0, 0.05) is 42.5 Å². The van der Waals surface area contributed by atoms with Crippen LogP contribution in [0.2, 0.25) is 0 Å². The largest absolute Gasteiger partial charge is 0.497 e. The van der Waals surface area contributed by atoms with Gasteiger partial charge < -0.3 is 20.3 Å². The second-order valence-electron chi connectivity index (χ2n) is 8.72. The first-order chi connectivity index (χ1) is 16.9. The number of anilines is 2. The molecule has 2 N–H and O–H groups in total. The van der Waals surface area contributed by atoms with Crippen molar-refractivity contribution in [1.82, 2.24) is 9.78 Å². The summed E-state index contributed by atoms with van der Waals surface area (Å²) in [6.45, 7) is 3.12. The Morgan fingerprint density at radius 1 is 1.00 bits per heavy atom. The maximum absolute atomic E-state index is 13.8. The summed E-state index contributed by atoms with van der Waals surface area (Å²) < 4.78 is 6.94. The van der Waals surface area contributed by atoms with Crippen LogP contribution in [0, 0.1) is 0 Å². The number of hydrogen-bond donors (Lipinski definition) is 1. The van der Waals surface area contributed by atoms with Crippen LogP contribution in [0.1, 0.15) is 51.9 Å². The van der Waals surface area contributed by atoms with Gasteiger partial charge >= 0.3 is 0 Å². The molecule has 3 heterocycles. The second kappa shape index (κ2) is 8.90. The van der Waals surface area contributed by atoms with Crippen LogP contribution >= 0.6 is 0 Å². The van der Waals surface area contributed by atoms with Crippen LogP contribution in [-0.2, 0) is 17.6 Å². The minimum absolute atomic E-state index is 0.108. The number of methoxy groups -OCH3 is 1. The number of nitrogens with zero attached hydrogens (tertiary/aromatic N) is 4. The topological polar surface area (TPSA) is 111 Å². The normalized spacial score (nSPS) is 15.5. The minimum atomic E-state index is -0.667. The summed E-state index contributed by atoms with van der Waals surface area (Å²) in [5, 5.41) is 4.46. The van der Waals surface area contributed by atoms with Gasteiger partial charge in [0.1, 0.15) is 11.4 Å². The number of nitrogens with two attached hydrogens (primary N) is 1. The summed E-state index contributed by atoms with van der Waals surface area (Å²) in [6, 6.07) is 13.1. The smallest absolute Gasteiger partial charge is 0.277 e. The number of aryl methyl sites for hydroxylation is 1. The van der Waals surface area contributed by atoms with Gasteiger partial charge in [-0.05, 0) is 61.2 Å². The van der Waals surface area contributed by atoms with Crippen LogP contribution in [0.4, 0.5) is 11.4 Å². The molecule has 0 radical (unpaired) electrons. The summed E-state index contributed by atoms with van der Waals surface area (Å²) in [5.41, 5.74) is 9.78. The first kappa shape index (κ1) is 22.6. The van der Waals surface area contributed by atoms with E-state index in [0.29, 0.717) is 54.3 Å². The number of amides is 3. The zero-order valence-electron chi connectivity index (χ0n) is 19.8. The Kier molecular flexibility index (Phi) is 5.76. The quantitative estimate of drug-likeness (QED) is 0.592. The lowest BCUT2D eigenvalue weighted by Crippen LogP contribution is -2.39. The first-order valence-electron chi connectivity index (χ1n) is 11.7. The van der Waals surface area contributed by atoms with Crippen molar-refractivity contribution < 1.29 is 19.1 Å². The summed E-state index contributed by atoms with van der Waals surface area (Å²) in [4.78, 5) is 41.5. The second-order valence-corrected chi connectivity index (χ2v) is 8.72. The molecule has 180 valence electrons. The fourth-order valence-electron chi connectivity index (χ4n) is 4.81. The van der Waals surface area contributed by atoms with Gasteiger partial charge in [0.2, 0.25) is 5.91 Å². The Bertz CT molecular complexity index is 1310. The van der Waals surface area contributed by atoms with E-state index >= 15 is 0 Å². The summed E-state index contributed by atoms with van der Waals surface area (Å²) in [7, 11) is 1.58. The maximum Gasteiger partial charge on any atom is 0.277 e. The molecule has 0 aliphatic carbocycles. The highest BCUT2D eigenvalue weighted by Gasteiger charge is 2.35. The lowest BCUT2D eigenvalue weighted by molar-refractivity contribution is -0.117. The van der Waals surface area contributed by atoms with Crippen molar-refractivity contribution in [3.63, 3.8) is 0 Å². The van der Waals surface area contributed by atoms with Crippen LogP contribution in [0.15, 0.2) is 42.5 Å². The number of rotatable bonds is 6. The van der Waals surface area contributed by atoms with Crippen molar-refractivity contribution in [2.45, 2.75) is 32.6 Å². The van der Waals surface area contributed by atoms with Crippen LogP contribution in [0.25, 0.3) is 5.69 Å². The summed E-state index contributed by atoms with van der Waals surface area (Å²) in [6.07, 6.45) is 2.62. The molecule has 1 aromatic heterocycles. The number of carbonyl (C=O) groups is 3. The molecule has 0 spiro atoms. The van der Waals surface area contributed by atoms with Crippen LogP contribution < -0.4 is 20.3 Å². The lowest BCUT2D eigenvalue weighted by atomic mass is 10.0. The molecular formula is C26H27N5O4. The van der Waals surface area contributed by atoms with Gasteiger partial charge in [-0.15, -0.1) is 0 Å². The monoisotopic (exact) mass is 473 g/mol. The fraction of sp³-hybridized carbons (Fsp3) is 0.308. The molecule has 1 saturated heterocycles. The molecule has 1 fully saturated rings. The number of ether oxygens (including phenoxy) is 1. The lowest BCUT2D eigenvalue weighted by Gasteiger charge is -2.28. The third-order valence-corrected chi connectivity index (χ3v) is 6.64. The van der Waals surface area contributed by atoms with E-state index in [1.165, 1.54) is 4.68 Å². The molecule has 35 heavy (non-hydrogen) atoms. The van der Waals surface area contributed by atoms with Crippen LogP contribution in [-0.4, -0.2) is 47.7 Å². The molecule has 2 aromatic carbocycles. The standard InChI is InChI=1S/C26H27N5O4/c1-3-16-13-19(15-20(14-16)35-2)31-24-21(23(28-31)25(27)33)10-12-30(26(24)34)18-8-6-17(7-9-18)29-11-4-5-22(29)32/h6-9,13-15H,3-5,10-12H2,1-2H3,(H2,27,33). The number of primary amides is 1. The summed E-state index contributed by atoms with van der Waals surface area (Å²) in [5.74, 6) is -0.183. The number of benzene rings is 2. The fourth-order valence-corrected chi connectivity index (χ4v) is 4.81. The molecule has 3 amide bonds. The van der Waals surface area contributed by atoms with E-state index < -0.39 is 5.91 Å². The van der Waals surface area contributed by atoms with Crippen molar-refractivity contribution in [1.29, 1.82) is 0 Å². The predicted octanol–water partition coefficient (Wildman–Crippen LogP) is 2.87. The number of aromatic nitrogens is 2. The predicted molar refractivity (Wildman–Crippen MR) is 131 cm³/mol. The number of fused-ring (bicyclic) bond motifs is 1. The molecule has 3 aromatic rings. The van der Waals surface area contributed by atoms with E-state index in [9.17, 15) is 14.4 Å². The maximum atomic E-state index is 13.8. The SMILES string of the molecule is CCc1cc(OC)cc(-n2nc(C(N)=O)c3c2C(=O)N(c2ccc(N4CCCC4=O)cc2)CC3)c1. The van der Waals surface area contributed by atoms with Gasteiger partial charge in [-0.1, -0.05) is 6.92 Å². The minimum Gasteiger partial charge on any atom is -0.497 e. The Hall–Kier alpha value is -4.14. The van der Waals surface area contributed by atoms with Crippen LogP contribution in [0.5, 0.6) is 5.75 Å². The van der Waals surface area contributed by atoms with E-state index in [-0.39, 0.29) is 17.5 Å². The zero-order valence-corrected chi connectivity index (χ0v) is 19.8. The third kappa shape index (κ3) is 3.92. The molecule has 0 unspecified atom stereocenters. The van der Waals surface area contributed by atoms with Gasteiger partial charge in [-0.25, -0.2) is 4.68 Å². The average Bonchev–Trinajstić information content (AvgIpc) is 3.48. The highest BCUT2D eigenvalue weighted by atomic mass is 16.5. The highest BCUT2D eigenvalue weighted by Crippen LogP contribution is 2.31. The van der Waals surface area contributed by atoms with Gasteiger partial charge in [0.25, 0.3) is 11.8 Å². The van der Waals surface area contributed by atoms with Gasteiger partial charge in [-0.3, -0.25) is 14.4 Å². The first-order valence-corrected chi connectivity index (χ1v) is 11.7. The number of carbonyl (C=O) groups excluding carboxylic acids is 3. The van der Waals surface area contributed by atoms with Crippen molar-refractivity contribution in [3.8, 4) is 11.4 Å². The van der Waals surface area contributed by atoms with E-state index in [4.69, 9.17) is 10.5 Å². The Balaban J connectivity index is 1.55. The molecule has 0 saturated carbocycles. The molecular weight excluding hydrogens is 446 g/mol. The Morgan fingerprint density at radius 3 is 2.31 bits per heavy atom. The molecule has 2 aliphatic rings. The van der Waals surface area contributed by atoms with E-state index in [2.05, 4.69) is 5.10 Å². The molecule has 2 aliphatic heterocycles. The van der Waals surface area contributed by atoms with Gasteiger partial charge in [0.05, 0.1) is 12.8 Å². The van der Waals surface area contributed by atoms with Crippen molar-refractivity contribution in [2.75, 3.05) is 30.0 Å². The molecule has 9 nitrogen and oxygen atoms in total. The van der Waals surface area contributed by atoms with Crippen molar-refractivity contribution in [2.24, 2.45) is 5.73 Å². The van der Waals surface area contributed by atoms with Gasteiger partial charge in [-0.2, -0.15) is 5.10 Å². The average molecular weight is 474 g/mol. The van der Waals surface area contributed by atoms with Crippen molar-refractivity contribution >= 4 is 29.1 Å². The highest BCUT2D eigenvalue weighted by molar-refractivity contribution is 6.09. The molecule has 0 bridgehead atoms.